The molecule has 1 fully saturated rings. The standard InChI is InChI=1S/C18H19Cl3N2O3S/c19-14-4-1-3-13(11-14)17(23-7-9-26-10-8-23)12-22-27(24,25)18-15(20)5-2-6-16(18)21/h1-6,11,17,22H,7-10,12H2. The Morgan fingerprint density at radius 3 is 2.30 bits per heavy atom. The number of benzene rings is 2. The zero-order valence-corrected chi connectivity index (χ0v) is 17.5. The summed E-state index contributed by atoms with van der Waals surface area (Å²) in [5.74, 6) is 0. The van der Waals surface area contributed by atoms with Crippen molar-refractivity contribution >= 4 is 44.8 Å². The van der Waals surface area contributed by atoms with Crippen molar-refractivity contribution in [1.82, 2.24) is 9.62 Å². The van der Waals surface area contributed by atoms with Crippen LogP contribution >= 0.6 is 34.8 Å². The van der Waals surface area contributed by atoms with Gasteiger partial charge in [0.15, 0.2) is 0 Å². The molecule has 1 heterocycles. The zero-order chi connectivity index (χ0) is 19.4. The molecule has 1 saturated heterocycles. The van der Waals surface area contributed by atoms with Crippen LogP contribution in [0.15, 0.2) is 47.4 Å². The molecule has 2 aromatic rings. The van der Waals surface area contributed by atoms with Gasteiger partial charge >= 0.3 is 0 Å². The molecule has 0 saturated carbocycles. The van der Waals surface area contributed by atoms with Gasteiger partial charge in [-0.15, -0.1) is 0 Å². The first-order valence-corrected chi connectivity index (χ1v) is 11.0. The van der Waals surface area contributed by atoms with Crippen molar-refractivity contribution in [2.45, 2.75) is 10.9 Å². The van der Waals surface area contributed by atoms with Gasteiger partial charge in [0, 0.05) is 30.7 Å². The van der Waals surface area contributed by atoms with Crippen LogP contribution in [-0.2, 0) is 14.8 Å². The number of ether oxygens (including phenoxy) is 1. The molecule has 2 aromatic carbocycles. The van der Waals surface area contributed by atoms with Gasteiger partial charge in [-0.25, -0.2) is 13.1 Å². The van der Waals surface area contributed by atoms with Crippen LogP contribution in [0.3, 0.4) is 0 Å². The molecule has 9 heteroatoms. The van der Waals surface area contributed by atoms with Crippen molar-refractivity contribution in [3.63, 3.8) is 0 Å². The highest BCUT2D eigenvalue weighted by Gasteiger charge is 2.27. The first kappa shape index (κ1) is 20.9. The van der Waals surface area contributed by atoms with Crippen LogP contribution in [0.5, 0.6) is 0 Å². The summed E-state index contributed by atoms with van der Waals surface area (Å²) in [5, 5.41) is 0.768. The number of rotatable bonds is 6. The van der Waals surface area contributed by atoms with Gasteiger partial charge in [-0.2, -0.15) is 0 Å². The smallest absolute Gasteiger partial charge is 0.243 e. The van der Waals surface area contributed by atoms with Gasteiger partial charge in [0.05, 0.1) is 23.3 Å². The second kappa shape index (κ2) is 9.09. The minimum atomic E-state index is -3.88. The summed E-state index contributed by atoms with van der Waals surface area (Å²) >= 11 is 18.3. The summed E-state index contributed by atoms with van der Waals surface area (Å²) in [4.78, 5) is 2.06. The Labute approximate surface area is 174 Å². The number of nitrogens with zero attached hydrogens (tertiary/aromatic N) is 1. The van der Waals surface area contributed by atoms with E-state index in [1.165, 1.54) is 12.1 Å². The minimum Gasteiger partial charge on any atom is -0.379 e. The SMILES string of the molecule is O=S(=O)(NCC(c1cccc(Cl)c1)N1CCOCC1)c1c(Cl)cccc1Cl. The fraction of sp³-hybridized carbons (Fsp3) is 0.333. The summed E-state index contributed by atoms with van der Waals surface area (Å²) in [5.41, 5.74) is 0.928. The fourth-order valence-corrected chi connectivity index (χ4v) is 5.44. The van der Waals surface area contributed by atoms with Gasteiger partial charge in [0.1, 0.15) is 4.90 Å². The topological polar surface area (TPSA) is 58.6 Å². The van der Waals surface area contributed by atoms with E-state index >= 15 is 0 Å². The number of hydrogen-bond acceptors (Lipinski definition) is 4. The molecule has 1 aliphatic heterocycles. The van der Waals surface area contributed by atoms with E-state index in [0.29, 0.717) is 31.3 Å². The molecule has 0 radical (unpaired) electrons. The fourth-order valence-electron chi connectivity index (χ4n) is 3.06. The minimum absolute atomic E-state index is 0.0840. The number of hydrogen-bond donors (Lipinski definition) is 1. The maximum Gasteiger partial charge on any atom is 0.243 e. The molecule has 0 spiro atoms. The lowest BCUT2D eigenvalue weighted by atomic mass is 10.1. The van der Waals surface area contributed by atoms with Crippen LogP contribution in [0.4, 0.5) is 0 Å². The quantitative estimate of drug-likeness (QED) is 0.724. The van der Waals surface area contributed by atoms with E-state index in [0.717, 1.165) is 5.56 Å². The molecule has 3 rings (SSSR count). The average molecular weight is 450 g/mol. The molecule has 1 atom stereocenters. The number of sulfonamides is 1. The second-order valence-electron chi connectivity index (χ2n) is 6.12. The Kier molecular flexibility index (Phi) is 7.03. The van der Waals surface area contributed by atoms with Crippen molar-refractivity contribution in [2.75, 3.05) is 32.8 Å². The van der Waals surface area contributed by atoms with E-state index < -0.39 is 10.0 Å². The van der Waals surface area contributed by atoms with Crippen molar-refractivity contribution in [2.24, 2.45) is 0 Å². The molecule has 5 nitrogen and oxygen atoms in total. The third-order valence-corrected chi connectivity index (χ3v) is 6.99. The number of halogens is 3. The van der Waals surface area contributed by atoms with Crippen molar-refractivity contribution in [1.29, 1.82) is 0 Å². The highest BCUT2D eigenvalue weighted by molar-refractivity contribution is 7.89. The first-order chi connectivity index (χ1) is 12.9. The molecule has 1 unspecified atom stereocenters. The lowest BCUT2D eigenvalue weighted by Gasteiger charge is -2.35. The predicted octanol–water partition coefficient (Wildman–Crippen LogP) is 4.00. The van der Waals surface area contributed by atoms with E-state index in [9.17, 15) is 8.42 Å². The molecular formula is C18H19Cl3N2O3S. The van der Waals surface area contributed by atoms with Crippen LogP contribution in [0, 0.1) is 0 Å². The highest BCUT2D eigenvalue weighted by Crippen LogP contribution is 2.30. The summed E-state index contributed by atoms with van der Waals surface area (Å²) < 4.78 is 33.7. The van der Waals surface area contributed by atoms with Crippen LogP contribution < -0.4 is 4.72 Å². The van der Waals surface area contributed by atoms with Gasteiger partial charge in [0.2, 0.25) is 10.0 Å². The van der Waals surface area contributed by atoms with Crippen molar-refractivity contribution < 1.29 is 13.2 Å². The van der Waals surface area contributed by atoms with E-state index in [1.807, 2.05) is 18.2 Å². The van der Waals surface area contributed by atoms with Gasteiger partial charge in [-0.05, 0) is 29.8 Å². The van der Waals surface area contributed by atoms with E-state index in [-0.39, 0.29) is 27.5 Å². The van der Waals surface area contributed by atoms with Crippen LogP contribution in [0.2, 0.25) is 15.1 Å². The Hall–Kier alpha value is -0.860. The zero-order valence-electron chi connectivity index (χ0n) is 14.4. The average Bonchev–Trinajstić information content (AvgIpc) is 2.62. The lowest BCUT2D eigenvalue weighted by Crippen LogP contribution is -2.43. The molecule has 0 amide bonds. The van der Waals surface area contributed by atoms with Crippen LogP contribution in [0.25, 0.3) is 0 Å². The van der Waals surface area contributed by atoms with E-state index in [1.54, 1.807) is 12.1 Å². The predicted molar refractivity (Wildman–Crippen MR) is 108 cm³/mol. The highest BCUT2D eigenvalue weighted by atomic mass is 35.5. The van der Waals surface area contributed by atoms with Crippen molar-refractivity contribution in [3.05, 3.63) is 63.1 Å². The Morgan fingerprint density at radius 2 is 1.67 bits per heavy atom. The maximum absolute atomic E-state index is 12.8. The van der Waals surface area contributed by atoms with Gasteiger partial charge in [-0.1, -0.05) is 53.0 Å². The summed E-state index contributed by atoms with van der Waals surface area (Å²) in [6.45, 7) is 2.75. The largest absolute Gasteiger partial charge is 0.379 e. The summed E-state index contributed by atoms with van der Waals surface area (Å²) in [6.07, 6.45) is 0. The molecule has 1 N–H and O–H groups in total. The Morgan fingerprint density at radius 1 is 1.04 bits per heavy atom. The molecule has 1 aliphatic rings. The molecule has 0 bridgehead atoms. The number of nitrogens with one attached hydrogen (secondary N) is 1. The van der Waals surface area contributed by atoms with Crippen molar-refractivity contribution in [3.8, 4) is 0 Å². The van der Waals surface area contributed by atoms with Gasteiger partial charge in [0.25, 0.3) is 0 Å². The first-order valence-electron chi connectivity index (χ1n) is 8.39. The Balaban J connectivity index is 1.86. The maximum atomic E-state index is 12.8. The van der Waals surface area contributed by atoms with E-state index in [4.69, 9.17) is 39.5 Å². The normalized spacial score (nSPS) is 17.0. The third-order valence-electron chi connectivity index (χ3n) is 4.37. The monoisotopic (exact) mass is 448 g/mol. The summed E-state index contributed by atoms with van der Waals surface area (Å²) in [7, 11) is -3.88. The molecule has 27 heavy (non-hydrogen) atoms. The number of morpholine rings is 1. The molecule has 146 valence electrons. The molecule has 0 aliphatic carbocycles. The van der Waals surface area contributed by atoms with Gasteiger partial charge in [-0.3, -0.25) is 4.90 Å². The summed E-state index contributed by atoms with van der Waals surface area (Å²) in [6, 6.07) is 11.8. The lowest BCUT2D eigenvalue weighted by molar-refractivity contribution is 0.0172. The van der Waals surface area contributed by atoms with E-state index in [2.05, 4.69) is 9.62 Å². The van der Waals surface area contributed by atoms with Crippen LogP contribution in [-0.4, -0.2) is 46.2 Å². The van der Waals surface area contributed by atoms with Crippen LogP contribution in [0.1, 0.15) is 11.6 Å². The van der Waals surface area contributed by atoms with Gasteiger partial charge < -0.3 is 4.74 Å². The second-order valence-corrected chi connectivity index (χ2v) is 9.08. The third kappa shape index (κ3) is 5.15. The molecule has 0 aromatic heterocycles. The Bertz CT molecular complexity index is 882. The molecular weight excluding hydrogens is 431 g/mol.